The van der Waals surface area contributed by atoms with Crippen LogP contribution in [0.3, 0.4) is 0 Å². The predicted octanol–water partition coefficient (Wildman–Crippen LogP) is 1.89. The van der Waals surface area contributed by atoms with Gasteiger partial charge in [-0.25, -0.2) is 0 Å². The third-order valence-electron chi connectivity index (χ3n) is 2.51. The zero-order chi connectivity index (χ0) is 10.1. The number of aliphatic hydroxyl groups is 1. The van der Waals surface area contributed by atoms with E-state index in [1.165, 1.54) is 0 Å². The second-order valence-electron chi connectivity index (χ2n) is 3.50. The number of benzene rings is 1. The molecule has 0 saturated carbocycles. The quantitative estimate of drug-likeness (QED) is 0.733. The van der Waals surface area contributed by atoms with Crippen LogP contribution in [0.1, 0.15) is 17.3 Å². The molecule has 1 aromatic carbocycles. The number of para-hydroxylation sites is 1. The van der Waals surface area contributed by atoms with Gasteiger partial charge in [-0.15, -0.1) is 12.4 Å². The van der Waals surface area contributed by atoms with Crippen molar-refractivity contribution in [1.82, 2.24) is 4.98 Å². The maximum atomic E-state index is 9.05. The fraction of sp³-hybridized carbons (Fsp3) is 0.273. The lowest BCUT2D eigenvalue weighted by Gasteiger charge is -2.07. The zero-order valence-electron chi connectivity index (χ0n) is 8.53. The van der Waals surface area contributed by atoms with E-state index in [1.54, 1.807) is 0 Å². The van der Waals surface area contributed by atoms with Crippen molar-refractivity contribution >= 4 is 23.3 Å². The van der Waals surface area contributed by atoms with E-state index in [0.717, 1.165) is 22.2 Å². The van der Waals surface area contributed by atoms with Crippen molar-refractivity contribution in [3.8, 4) is 0 Å². The highest BCUT2D eigenvalue weighted by Crippen LogP contribution is 2.25. The number of rotatable bonds is 2. The number of hydrogen-bond acceptors (Lipinski definition) is 2. The Balaban J connectivity index is 0.00000112. The molecule has 3 nitrogen and oxygen atoms in total. The standard InChI is InChI=1S/C11H14N2O.ClH/c1-7-11(9(12)6-14)8-4-2-3-5-10(8)13-7;/h2-5,9,13-14H,6,12H2,1H3;1H/t9-;/m1./s1. The van der Waals surface area contributed by atoms with Crippen LogP contribution >= 0.6 is 12.4 Å². The van der Waals surface area contributed by atoms with Crippen LogP contribution in [-0.4, -0.2) is 16.7 Å². The van der Waals surface area contributed by atoms with E-state index in [0.29, 0.717) is 0 Å². The van der Waals surface area contributed by atoms with Crippen LogP contribution in [0.25, 0.3) is 10.9 Å². The zero-order valence-corrected chi connectivity index (χ0v) is 9.34. The molecule has 0 amide bonds. The normalized spacial score (nSPS) is 12.5. The number of aryl methyl sites for hydroxylation is 1. The molecule has 0 bridgehead atoms. The number of nitrogens with two attached hydrogens (primary N) is 1. The number of H-pyrrole nitrogens is 1. The van der Waals surface area contributed by atoms with Crippen LogP contribution < -0.4 is 5.73 Å². The molecule has 1 atom stereocenters. The van der Waals surface area contributed by atoms with Crippen molar-refractivity contribution in [3.05, 3.63) is 35.5 Å². The molecular weight excluding hydrogens is 212 g/mol. The summed E-state index contributed by atoms with van der Waals surface area (Å²) in [4.78, 5) is 3.25. The second-order valence-corrected chi connectivity index (χ2v) is 3.50. The van der Waals surface area contributed by atoms with Gasteiger partial charge in [0.15, 0.2) is 0 Å². The summed E-state index contributed by atoms with van der Waals surface area (Å²) in [5, 5.41) is 10.2. The van der Waals surface area contributed by atoms with Gasteiger partial charge < -0.3 is 15.8 Å². The first-order valence-corrected chi connectivity index (χ1v) is 4.67. The van der Waals surface area contributed by atoms with Crippen LogP contribution in [0.5, 0.6) is 0 Å². The minimum atomic E-state index is -0.300. The smallest absolute Gasteiger partial charge is 0.0625 e. The van der Waals surface area contributed by atoms with E-state index in [9.17, 15) is 0 Å². The number of aromatic amines is 1. The number of aliphatic hydroxyl groups excluding tert-OH is 1. The highest BCUT2D eigenvalue weighted by atomic mass is 35.5. The minimum absolute atomic E-state index is 0. The van der Waals surface area contributed by atoms with Gasteiger partial charge in [0.05, 0.1) is 12.6 Å². The molecule has 0 fully saturated rings. The Labute approximate surface area is 94.7 Å². The van der Waals surface area contributed by atoms with Gasteiger partial charge in [-0.2, -0.15) is 0 Å². The Morgan fingerprint density at radius 2 is 2.07 bits per heavy atom. The summed E-state index contributed by atoms with van der Waals surface area (Å²) in [6.07, 6.45) is 0. The molecule has 2 aromatic rings. The lowest BCUT2D eigenvalue weighted by Crippen LogP contribution is -2.15. The molecule has 82 valence electrons. The monoisotopic (exact) mass is 226 g/mol. The van der Waals surface area contributed by atoms with Crippen molar-refractivity contribution in [2.24, 2.45) is 5.73 Å². The molecule has 0 saturated heterocycles. The Morgan fingerprint density at radius 1 is 1.40 bits per heavy atom. The third-order valence-corrected chi connectivity index (χ3v) is 2.51. The fourth-order valence-electron chi connectivity index (χ4n) is 1.87. The minimum Gasteiger partial charge on any atom is -0.394 e. The first-order chi connectivity index (χ1) is 6.74. The molecular formula is C11H15ClN2O. The van der Waals surface area contributed by atoms with Gasteiger partial charge in [-0.3, -0.25) is 0 Å². The molecule has 1 heterocycles. The summed E-state index contributed by atoms with van der Waals surface area (Å²) in [7, 11) is 0. The molecule has 0 radical (unpaired) electrons. The second kappa shape index (κ2) is 4.66. The molecule has 0 aliphatic rings. The topological polar surface area (TPSA) is 62.0 Å². The van der Waals surface area contributed by atoms with Gasteiger partial charge in [0.1, 0.15) is 0 Å². The molecule has 0 aliphatic carbocycles. The predicted molar refractivity (Wildman–Crippen MR) is 64.3 cm³/mol. The fourth-order valence-corrected chi connectivity index (χ4v) is 1.87. The van der Waals surface area contributed by atoms with Gasteiger partial charge in [0.2, 0.25) is 0 Å². The Kier molecular flexibility index (Phi) is 3.74. The highest BCUT2D eigenvalue weighted by molar-refractivity contribution is 5.85. The first-order valence-electron chi connectivity index (χ1n) is 4.67. The molecule has 1 aromatic heterocycles. The molecule has 0 spiro atoms. The average molecular weight is 227 g/mol. The van der Waals surface area contributed by atoms with Gasteiger partial charge >= 0.3 is 0 Å². The van der Waals surface area contributed by atoms with Gasteiger partial charge in [-0.05, 0) is 18.6 Å². The Bertz CT molecular complexity index is 453. The van der Waals surface area contributed by atoms with E-state index in [2.05, 4.69) is 4.98 Å². The lowest BCUT2D eigenvalue weighted by molar-refractivity contribution is 0.268. The van der Waals surface area contributed by atoms with Gasteiger partial charge in [0.25, 0.3) is 0 Å². The van der Waals surface area contributed by atoms with E-state index < -0.39 is 0 Å². The molecule has 0 aliphatic heterocycles. The molecule has 0 unspecified atom stereocenters. The van der Waals surface area contributed by atoms with E-state index in [4.69, 9.17) is 10.8 Å². The number of halogens is 1. The van der Waals surface area contributed by atoms with E-state index >= 15 is 0 Å². The van der Waals surface area contributed by atoms with Crippen molar-refractivity contribution in [3.63, 3.8) is 0 Å². The number of nitrogens with one attached hydrogen (secondary N) is 1. The highest BCUT2D eigenvalue weighted by Gasteiger charge is 2.13. The largest absolute Gasteiger partial charge is 0.394 e. The van der Waals surface area contributed by atoms with Crippen LogP contribution in [0.4, 0.5) is 0 Å². The van der Waals surface area contributed by atoms with Crippen LogP contribution in [0.2, 0.25) is 0 Å². The van der Waals surface area contributed by atoms with Crippen molar-refractivity contribution in [2.75, 3.05) is 6.61 Å². The Morgan fingerprint density at radius 3 is 2.73 bits per heavy atom. The van der Waals surface area contributed by atoms with Crippen molar-refractivity contribution in [2.45, 2.75) is 13.0 Å². The molecule has 4 heteroatoms. The van der Waals surface area contributed by atoms with Crippen molar-refractivity contribution in [1.29, 1.82) is 0 Å². The summed E-state index contributed by atoms with van der Waals surface area (Å²) in [5.74, 6) is 0. The Hall–Kier alpha value is -1.03. The summed E-state index contributed by atoms with van der Waals surface area (Å²) >= 11 is 0. The average Bonchev–Trinajstić information content (AvgIpc) is 2.53. The maximum absolute atomic E-state index is 9.05. The molecule has 4 N–H and O–H groups in total. The summed E-state index contributed by atoms with van der Waals surface area (Å²) in [6.45, 7) is 1.95. The van der Waals surface area contributed by atoms with E-state index in [1.807, 2.05) is 31.2 Å². The molecule has 15 heavy (non-hydrogen) atoms. The number of aromatic nitrogens is 1. The van der Waals surface area contributed by atoms with Crippen LogP contribution in [-0.2, 0) is 0 Å². The number of fused-ring (bicyclic) bond motifs is 1. The summed E-state index contributed by atoms with van der Waals surface area (Å²) in [6, 6.07) is 7.68. The molecule has 2 rings (SSSR count). The first kappa shape index (κ1) is 12.0. The van der Waals surface area contributed by atoms with Gasteiger partial charge in [-0.1, -0.05) is 18.2 Å². The van der Waals surface area contributed by atoms with Crippen LogP contribution in [0.15, 0.2) is 24.3 Å². The lowest BCUT2D eigenvalue weighted by atomic mass is 10.0. The SMILES string of the molecule is Cc1[nH]c2ccccc2c1[C@H](N)CO.Cl. The van der Waals surface area contributed by atoms with E-state index in [-0.39, 0.29) is 25.1 Å². The third kappa shape index (κ3) is 2.00. The number of hydrogen-bond donors (Lipinski definition) is 3. The summed E-state index contributed by atoms with van der Waals surface area (Å²) in [5.41, 5.74) is 8.96. The van der Waals surface area contributed by atoms with Gasteiger partial charge in [0, 0.05) is 16.6 Å². The van der Waals surface area contributed by atoms with Crippen LogP contribution in [0, 0.1) is 6.92 Å². The summed E-state index contributed by atoms with van der Waals surface area (Å²) < 4.78 is 0. The maximum Gasteiger partial charge on any atom is 0.0625 e. The van der Waals surface area contributed by atoms with Crippen molar-refractivity contribution < 1.29 is 5.11 Å².